The molecule has 0 radical (unpaired) electrons. The predicted molar refractivity (Wildman–Crippen MR) is 74.5 cm³/mol. The second kappa shape index (κ2) is 5.55. The van der Waals surface area contributed by atoms with Crippen LogP contribution in [0, 0.1) is 0 Å². The molecule has 0 amide bonds. The molecule has 1 aliphatic rings. The summed E-state index contributed by atoms with van der Waals surface area (Å²) in [6, 6.07) is 10.1. The maximum Gasteiger partial charge on any atom is 0.119 e. The Labute approximate surface area is 112 Å². The molecule has 1 atom stereocenters. The van der Waals surface area contributed by atoms with Crippen LogP contribution in [0.2, 0.25) is 0 Å². The Morgan fingerprint density at radius 3 is 3.11 bits per heavy atom. The van der Waals surface area contributed by atoms with Crippen molar-refractivity contribution in [2.24, 2.45) is 0 Å². The Hall–Kier alpha value is -1.65. The molecule has 1 N–H and O–H groups in total. The van der Waals surface area contributed by atoms with E-state index in [1.807, 2.05) is 18.2 Å². The number of fused-ring (bicyclic) bond motifs is 1. The highest BCUT2D eigenvalue weighted by atomic mass is 16.5. The Kier molecular flexibility index (Phi) is 3.62. The van der Waals surface area contributed by atoms with Gasteiger partial charge in [0, 0.05) is 11.9 Å². The summed E-state index contributed by atoms with van der Waals surface area (Å²) < 4.78 is 11.1. The van der Waals surface area contributed by atoms with Gasteiger partial charge in [-0.2, -0.15) is 0 Å². The molecule has 0 aliphatic carbocycles. The molecule has 0 bridgehead atoms. The zero-order valence-electron chi connectivity index (χ0n) is 11.1. The minimum absolute atomic E-state index is 0.0986. The second-order valence-corrected chi connectivity index (χ2v) is 4.69. The van der Waals surface area contributed by atoms with Crippen molar-refractivity contribution >= 4 is 10.9 Å². The van der Waals surface area contributed by atoms with Crippen LogP contribution in [0.4, 0.5) is 0 Å². The van der Waals surface area contributed by atoms with Gasteiger partial charge >= 0.3 is 0 Å². The fourth-order valence-electron chi connectivity index (χ4n) is 2.37. The number of nitrogens with one attached hydrogen (secondary N) is 1. The third kappa shape index (κ3) is 2.69. The van der Waals surface area contributed by atoms with Crippen molar-refractivity contribution in [1.29, 1.82) is 0 Å². The minimum Gasteiger partial charge on any atom is -0.497 e. The van der Waals surface area contributed by atoms with E-state index in [0.29, 0.717) is 0 Å². The van der Waals surface area contributed by atoms with Crippen LogP contribution in [0.5, 0.6) is 5.75 Å². The molecule has 1 aliphatic heterocycles. The van der Waals surface area contributed by atoms with Gasteiger partial charge in [0.05, 0.1) is 24.9 Å². The first-order valence-electron chi connectivity index (χ1n) is 6.64. The summed E-state index contributed by atoms with van der Waals surface area (Å²) in [7, 11) is 1.68. The van der Waals surface area contributed by atoms with E-state index in [4.69, 9.17) is 14.5 Å². The number of pyridine rings is 1. The molecule has 1 aromatic heterocycles. The monoisotopic (exact) mass is 258 g/mol. The number of methoxy groups -OCH3 is 1. The van der Waals surface area contributed by atoms with E-state index in [1.54, 1.807) is 7.11 Å². The molecule has 1 saturated heterocycles. The van der Waals surface area contributed by atoms with Gasteiger partial charge in [0.25, 0.3) is 0 Å². The molecular formula is C15H18N2O2. The number of nitrogens with zero attached hydrogens (tertiary/aromatic N) is 1. The molecular weight excluding hydrogens is 240 g/mol. The molecule has 1 aromatic carbocycles. The van der Waals surface area contributed by atoms with Gasteiger partial charge in [0.15, 0.2) is 0 Å². The first kappa shape index (κ1) is 12.4. The standard InChI is InChI=1S/C15H18N2O2/c1-18-12-3-5-13-11(10-12)2-4-14(17-13)15-6-7-16-8-9-19-15/h2-5,10,15-16H,6-9H2,1H3. The summed E-state index contributed by atoms with van der Waals surface area (Å²) >= 11 is 0. The number of benzene rings is 1. The van der Waals surface area contributed by atoms with Gasteiger partial charge in [0.1, 0.15) is 11.9 Å². The van der Waals surface area contributed by atoms with Crippen LogP contribution in [0.3, 0.4) is 0 Å². The Morgan fingerprint density at radius 2 is 2.21 bits per heavy atom. The second-order valence-electron chi connectivity index (χ2n) is 4.69. The first-order valence-corrected chi connectivity index (χ1v) is 6.64. The third-order valence-corrected chi connectivity index (χ3v) is 3.43. The van der Waals surface area contributed by atoms with Gasteiger partial charge < -0.3 is 14.8 Å². The highest BCUT2D eigenvalue weighted by molar-refractivity contribution is 5.80. The summed E-state index contributed by atoms with van der Waals surface area (Å²) in [5.41, 5.74) is 2.00. The summed E-state index contributed by atoms with van der Waals surface area (Å²) in [6.45, 7) is 2.64. The summed E-state index contributed by atoms with van der Waals surface area (Å²) in [6.07, 6.45) is 1.07. The molecule has 2 aromatic rings. The molecule has 2 heterocycles. The minimum atomic E-state index is 0.0986. The lowest BCUT2D eigenvalue weighted by Crippen LogP contribution is -2.16. The summed E-state index contributed by atoms with van der Waals surface area (Å²) in [5.74, 6) is 0.858. The number of hydrogen-bond donors (Lipinski definition) is 1. The van der Waals surface area contributed by atoms with Gasteiger partial charge in [-0.25, -0.2) is 0 Å². The average molecular weight is 258 g/mol. The van der Waals surface area contributed by atoms with Gasteiger partial charge in [0.2, 0.25) is 0 Å². The molecule has 3 rings (SSSR count). The molecule has 0 saturated carbocycles. The first-order chi connectivity index (χ1) is 9.36. The number of rotatable bonds is 2. The van der Waals surface area contributed by atoms with Crippen molar-refractivity contribution in [2.75, 3.05) is 26.8 Å². The van der Waals surface area contributed by atoms with Crippen molar-refractivity contribution in [2.45, 2.75) is 12.5 Å². The maximum absolute atomic E-state index is 5.83. The van der Waals surface area contributed by atoms with E-state index in [2.05, 4.69) is 17.4 Å². The SMILES string of the molecule is COc1ccc2nc(C3CCNCCO3)ccc2c1. The van der Waals surface area contributed by atoms with Gasteiger partial charge in [-0.1, -0.05) is 6.07 Å². The molecule has 0 spiro atoms. The number of aromatic nitrogens is 1. The smallest absolute Gasteiger partial charge is 0.119 e. The predicted octanol–water partition coefficient (Wildman–Crippen LogP) is 2.29. The molecule has 1 unspecified atom stereocenters. The fourth-order valence-corrected chi connectivity index (χ4v) is 2.37. The lowest BCUT2D eigenvalue weighted by atomic mass is 10.1. The molecule has 4 heteroatoms. The van der Waals surface area contributed by atoms with Crippen LogP contribution in [0.15, 0.2) is 30.3 Å². The topological polar surface area (TPSA) is 43.4 Å². The van der Waals surface area contributed by atoms with E-state index in [1.165, 1.54) is 0 Å². The van der Waals surface area contributed by atoms with Gasteiger partial charge in [-0.3, -0.25) is 4.98 Å². The van der Waals surface area contributed by atoms with E-state index in [0.717, 1.165) is 48.5 Å². The Balaban J connectivity index is 1.92. The van der Waals surface area contributed by atoms with E-state index >= 15 is 0 Å². The van der Waals surface area contributed by atoms with Crippen LogP contribution in [-0.2, 0) is 4.74 Å². The van der Waals surface area contributed by atoms with Crippen LogP contribution in [0.1, 0.15) is 18.2 Å². The van der Waals surface area contributed by atoms with E-state index < -0.39 is 0 Å². The lowest BCUT2D eigenvalue weighted by Gasteiger charge is -2.14. The molecule has 1 fully saturated rings. The largest absolute Gasteiger partial charge is 0.497 e. The highest BCUT2D eigenvalue weighted by Crippen LogP contribution is 2.25. The van der Waals surface area contributed by atoms with Crippen molar-refractivity contribution in [3.05, 3.63) is 36.0 Å². The highest BCUT2D eigenvalue weighted by Gasteiger charge is 2.16. The maximum atomic E-state index is 5.83. The molecule has 4 nitrogen and oxygen atoms in total. The summed E-state index contributed by atoms with van der Waals surface area (Å²) in [4.78, 5) is 4.71. The van der Waals surface area contributed by atoms with Crippen molar-refractivity contribution in [3.8, 4) is 5.75 Å². The van der Waals surface area contributed by atoms with Crippen molar-refractivity contribution < 1.29 is 9.47 Å². The lowest BCUT2D eigenvalue weighted by molar-refractivity contribution is 0.0616. The van der Waals surface area contributed by atoms with Crippen molar-refractivity contribution in [3.63, 3.8) is 0 Å². The van der Waals surface area contributed by atoms with E-state index in [9.17, 15) is 0 Å². The normalized spacial score (nSPS) is 20.2. The summed E-state index contributed by atoms with van der Waals surface area (Å²) in [5, 5.41) is 4.42. The number of ether oxygens (including phenoxy) is 2. The third-order valence-electron chi connectivity index (χ3n) is 3.43. The quantitative estimate of drug-likeness (QED) is 0.897. The zero-order chi connectivity index (χ0) is 13.1. The zero-order valence-corrected chi connectivity index (χ0v) is 11.1. The fraction of sp³-hybridized carbons (Fsp3) is 0.400. The number of hydrogen-bond acceptors (Lipinski definition) is 4. The van der Waals surface area contributed by atoms with Gasteiger partial charge in [-0.05, 0) is 37.2 Å². The molecule has 100 valence electrons. The Bertz CT molecular complexity index is 563. The van der Waals surface area contributed by atoms with E-state index in [-0.39, 0.29) is 6.10 Å². The van der Waals surface area contributed by atoms with Crippen molar-refractivity contribution in [1.82, 2.24) is 10.3 Å². The molecule has 19 heavy (non-hydrogen) atoms. The Morgan fingerprint density at radius 1 is 1.26 bits per heavy atom. The van der Waals surface area contributed by atoms with Crippen LogP contribution in [-0.4, -0.2) is 31.8 Å². The van der Waals surface area contributed by atoms with Crippen LogP contribution < -0.4 is 10.1 Å². The van der Waals surface area contributed by atoms with Crippen LogP contribution >= 0.6 is 0 Å². The average Bonchev–Trinajstić information content (AvgIpc) is 2.75. The van der Waals surface area contributed by atoms with Crippen LogP contribution in [0.25, 0.3) is 10.9 Å². The van der Waals surface area contributed by atoms with Gasteiger partial charge in [-0.15, -0.1) is 0 Å².